The van der Waals surface area contributed by atoms with E-state index in [2.05, 4.69) is 4.99 Å². The van der Waals surface area contributed by atoms with Gasteiger partial charge in [0, 0.05) is 6.08 Å². The van der Waals surface area contributed by atoms with Crippen molar-refractivity contribution in [2.45, 2.75) is 6.92 Å². The molecule has 5 heteroatoms. The Morgan fingerprint density at radius 1 is 1.47 bits per heavy atom. The van der Waals surface area contributed by atoms with Crippen molar-refractivity contribution < 1.29 is 9.53 Å². The smallest absolute Gasteiger partial charge is 0.272 e. The summed E-state index contributed by atoms with van der Waals surface area (Å²) in [6.45, 7) is 2.50. The molecule has 5 nitrogen and oxygen atoms in total. The Balaban J connectivity index is 2.74. The van der Waals surface area contributed by atoms with Crippen LogP contribution in [0.1, 0.15) is 12.5 Å². The average Bonchev–Trinajstić information content (AvgIpc) is 2.26. The molecule has 0 fully saturated rings. The van der Waals surface area contributed by atoms with Crippen molar-refractivity contribution in [3.63, 3.8) is 0 Å². The first kappa shape index (κ1) is 12.8. The summed E-state index contributed by atoms with van der Waals surface area (Å²) in [7, 11) is 0. The SMILES string of the molecule is CCOc1cccc(/C=C/C(=O)N=C(N)N)c1. The fourth-order valence-corrected chi connectivity index (χ4v) is 1.21. The van der Waals surface area contributed by atoms with E-state index in [1.807, 2.05) is 31.2 Å². The van der Waals surface area contributed by atoms with Crippen molar-refractivity contribution in [2.24, 2.45) is 16.5 Å². The molecule has 1 aromatic rings. The Bertz CT molecular complexity index is 449. The van der Waals surface area contributed by atoms with Crippen molar-refractivity contribution in [1.29, 1.82) is 0 Å². The van der Waals surface area contributed by atoms with Crippen LogP contribution in [-0.4, -0.2) is 18.5 Å². The van der Waals surface area contributed by atoms with E-state index >= 15 is 0 Å². The van der Waals surface area contributed by atoms with E-state index in [9.17, 15) is 4.79 Å². The highest BCUT2D eigenvalue weighted by molar-refractivity contribution is 5.99. The van der Waals surface area contributed by atoms with Crippen LogP contribution in [0.5, 0.6) is 5.75 Å². The van der Waals surface area contributed by atoms with Crippen LogP contribution in [0.2, 0.25) is 0 Å². The van der Waals surface area contributed by atoms with E-state index in [1.54, 1.807) is 6.08 Å². The summed E-state index contributed by atoms with van der Waals surface area (Å²) in [4.78, 5) is 14.5. The standard InChI is InChI=1S/C12H15N3O2/c1-2-17-10-5-3-4-9(8-10)6-7-11(16)15-12(13)14/h3-8H,2H2,1H3,(H4,13,14,15,16)/b7-6+. The molecule has 0 unspecified atom stereocenters. The molecule has 90 valence electrons. The van der Waals surface area contributed by atoms with Crippen molar-refractivity contribution in [2.75, 3.05) is 6.61 Å². The second-order valence-electron chi connectivity index (χ2n) is 3.21. The minimum Gasteiger partial charge on any atom is -0.494 e. The van der Waals surface area contributed by atoms with Gasteiger partial charge in [-0.1, -0.05) is 12.1 Å². The van der Waals surface area contributed by atoms with Crippen molar-refractivity contribution in [1.82, 2.24) is 0 Å². The lowest BCUT2D eigenvalue weighted by Gasteiger charge is -2.02. The number of hydrogen-bond acceptors (Lipinski definition) is 2. The monoisotopic (exact) mass is 233 g/mol. The number of carbonyl (C=O) groups is 1. The predicted molar refractivity (Wildman–Crippen MR) is 67.5 cm³/mol. The lowest BCUT2D eigenvalue weighted by Crippen LogP contribution is -2.23. The van der Waals surface area contributed by atoms with Gasteiger partial charge in [-0.25, -0.2) is 0 Å². The number of carbonyl (C=O) groups excluding carboxylic acids is 1. The van der Waals surface area contributed by atoms with E-state index in [1.165, 1.54) is 6.08 Å². The van der Waals surface area contributed by atoms with Crippen molar-refractivity contribution in [3.8, 4) is 5.75 Å². The number of ether oxygens (including phenoxy) is 1. The van der Waals surface area contributed by atoms with Crippen molar-refractivity contribution in [3.05, 3.63) is 35.9 Å². The third-order valence-corrected chi connectivity index (χ3v) is 1.83. The van der Waals surface area contributed by atoms with Gasteiger partial charge in [-0.05, 0) is 30.7 Å². The van der Waals surface area contributed by atoms with E-state index in [-0.39, 0.29) is 5.96 Å². The Hall–Kier alpha value is -2.30. The maximum absolute atomic E-state index is 11.2. The van der Waals surface area contributed by atoms with Gasteiger partial charge in [-0.3, -0.25) is 4.79 Å². The molecule has 0 aliphatic heterocycles. The lowest BCUT2D eigenvalue weighted by molar-refractivity contribution is -0.113. The molecule has 0 spiro atoms. The molecule has 0 saturated heterocycles. The first-order chi connectivity index (χ1) is 8.11. The molecule has 0 bridgehead atoms. The van der Waals surface area contributed by atoms with Gasteiger partial charge in [-0.2, -0.15) is 4.99 Å². The number of rotatable bonds is 4. The van der Waals surface area contributed by atoms with Crippen LogP contribution >= 0.6 is 0 Å². The number of hydrogen-bond donors (Lipinski definition) is 2. The summed E-state index contributed by atoms with van der Waals surface area (Å²) in [6.07, 6.45) is 2.92. The summed E-state index contributed by atoms with van der Waals surface area (Å²) in [5, 5.41) is 0. The molecule has 0 aliphatic carbocycles. The van der Waals surface area contributed by atoms with Gasteiger partial charge < -0.3 is 16.2 Å². The second kappa shape index (κ2) is 6.32. The van der Waals surface area contributed by atoms with E-state index in [4.69, 9.17) is 16.2 Å². The van der Waals surface area contributed by atoms with E-state index < -0.39 is 5.91 Å². The quantitative estimate of drug-likeness (QED) is 0.459. The maximum atomic E-state index is 11.2. The highest BCUT2D eigenvalue weighted by atomic mass is 16.5. The summed E-state index contributed by atoms with van der Waals surface area (Å²) in [6, 6.07) is 7.36. The zero-order valence-electron chi connectivity index (χ0n) is 9.59. The summed E-state index contributed by atoms with van der Waals surface area (Å²) in [5.41, 5.74) is 11.0. The molecule has 1 rings (SSSR count). The average molecular weight is 233 g/mol. The third kappa shape index (κ3) is 4.83. The van der Waals surface area contributed by atoms with Gasteiger partial charge in [0.1, 0.15) is 5.75 Å². The number of amides is 1. The molecule has 0 atom stereocenters. The van der Waals surface area contributed by atoms with Crippen LogP contribution in [0.25, 0.3) is 6.08 Å². The van der Waals surface area contributed by atoms with Gasteiger partial charge in [0.05, 0.1) is 6.61 Å². The second-order valence-corrected chi connectivity index (χ2v) is 3.21. The fourth-order valence-electron chi connectivity index (χ4n) is 1.21. The first-order valence-electron chi connectivity index (χ1n) is 5.16. The summed E-state index contributed by atoms with van der Waals surface area (Å²) >= 11 is 0. The first-order valence-corrected chi connectivity index (χ1v) is 5.16. The fraction of sp³-hybridized carbons (Fsp3) is 0.167. The van der Waals surface area contributed by atoms with Gasteiger partial charge in [0.15, 0.2) is 5.96 Å². The summed E-state index contributed by atoms with van der Waals surface area (Å²) in [5.74, 6) is 0.0125. The molecule has 4 N–H and O–H groups in total. The number of nitrogens with zero attached hydrogens (tertiary/aromatic N) is 1. The molecule has 0 saturated carbocycles. The van der Waals surface area contributed by atoms with Crippen LogP contribution in [0, 0.1) is 0 Å². The van der Waals surface area contributed by atoms with Crippen LogP contribution in [-0.2, 0) is 4.79 Å². The Morgan fingerprint density at radius 3 is 2.88 bits per heavy atom. The largest absolute Gasteiger partial charge is 0.494 e. The minimum absolute atomic E-state index is 0.247. The molecule has 1 amide bonds. The number of nitrogens with two attached hydrogens (primary N) is 2. The Labute approximate surface area is 99.8 Å². The number of guanidine groups is 1. The molecule has 0 heterocycles. The number of aliphatic imine (C=N–C) groups is 1. The van der Waals surface area contributed by atoms with E-state index in [0.29, 0.717) is 6.61 Å². The molecular formula is C12H15N3O2. The topological polar surface area (TPSA) is 90.7 Å². The van der Waals surface area contributed by atoms with Crippen LogP contribution in [0.15, 0.2) is 35.3 Å². The normalized spacial score (nSPS) is 10.2. The molecule has 0 aromatic heterocycles. The summed E-state index contributed by atoms with van der Waals surface area (Å²) < 4.78 is 5.33. The van der Waals surface area contributed by atoms with Crippen molar-refractivity contribution >= 4 is 17.9 Å². The predicted octanol–water partition coefficient (Wildman–Crippen LogP) is 0.898. The number of benzene rings is 1. The van der Waals surface area contributed by atoms with Crippen LogP contribution in [0.4, 0.5) is 0 Å². The molecule has 1 aromatic carbocycles. The highest BCUT2D eigenvalue weighted by Gasteiger charge is 1.95. The lowest BCUT2D eigenvalue weighted by atomic mass is 10.2. The van der Waals surface area contributed by atoms with Gasteiger partial charge in [-0.15, -0.1) is 0 Å². The Morgan fingerprint density at radius 2 is 2.24 bits per heavy atom. The van der Waals surface area contributed by atoms with Gasteiger partial charge in [0.2, 0.25) is 0 Å². The van der Waals surface area contributed by atoms with Gasteiger partial charge in [0.25, 0.3) is 5.91 Å². The van der Waals surface area contributed by atoms with Crippen LogP contribution < -0.4 is 16.2 Å². The van der Waals surface area contributed by atoms with E-state index in [0.717, 1.165) is 11.3 Å². The molecule has 0 aliphatic rings. The minimum atomic E-state index is -0.494. The maximum Gasteiger partial charge on any atom is 0.272 e. The molecular weight excluding hydrogens is 218 g/mol. The van der Waals surface area contributed by atoms with Crippen LogP contribution in [0.3, 0.4) is 0 Å². The third-order valence-electron chi connectivity index (χ3n) is 1.83. The zero-order chi connectivity index (χ0) is 12.7. The molecule has 0 radical (unpaired) electrons. The highest BCUT2D eigenvalue weighted by Crippen LogP contribution is 2.14. The molecule has 17 heavy (non-hydrogen) atoms. The zero-order valence-corrected chi connectivity index (χ0v) is 9.59. The van der Waals surface area contributed by atoms with Gasteiger partial charge >= 0.3 is 0 Å². The Kier molecular flexibility index (Phi) is 4.75.